The van der Waals surface area contributed by atoms with Crippen LogP contribution in [0.5, 0.6) is 0 Å². The summed E-state index contributed by atoms with van der Waals surface area (Å²) in [5, 5.41) is 2.65. The van der Waals surface area contributed by atoms with Gasteiger partial charge in [-0.1, -0.05) is 13.8 Å². The third kappa shape index (κ3) is 4.93. The lowest BCUT2D eigenvalue weighted by Crippen LogP contribution is -2.46. The maximum atomic E-state index is 11.2. The Labute approximate surface area is 100 Å². The molecule has 0 aliphatic carbocycles. The van der Waals surface area contributed by atoms with Crippen LogP contribution in [-0.2, 0) is 4.79 Å². The molecular weight excluding hydrogens is 228 g/mol. The molecule has 1 atom stereocenters. The summed E-state index contributed by atoms with van der Waals surface area (Å²) < 4.78 is 0. The van der Waals surface area contributed by atoms with Crippen molar-refractivity contribution >= 4 is 22.9 Å². The van der Waals surface area contributed by atoms with E-state index in [9.17, 15) is 9.59 Å². The van der Waals surface area contributed by atoms with Gasteiger partial charge in [-0.15, -0.1) is 0 Å². The van der Waals surface area contributed by atoms with Crippen molar-refractivity contribution in [2.24, 2.45) is 5.84 Å². The standard InChI is InChI=1S/C7H14N4O2S.C2H6/c1-10(2)3-4-11(8)6-5(12)9-7(13)14-6;1-2/h6H,3-4,8H2,1-2H3,(H,9,12,13);1-2H3. The largest absolute Gasteiger partial charge is 0.308 e. The van der Waals surface area contributed by atoms with Gasteiger partial charge in [0.15, 0.2) is 5.37 Å². The van der Waals surface area contributed by atoms with Crippen molar-refractivity contribution in [2.45, 2.75) is 19.2 Å². The Morgan fingerprint density at radius 3 is 2.25 bits per heavy atom. The average Bonchev–Trinajstić information content (AvgIpc) is 2.57. The third-order valence-corrected chi connectivity index (χ3v) is 2.80. The fourth-order valence-electron chi connectivity index (χ4n) is 0.998. The molecule has 0 aromatic carbocycles. The molecule has 0 aromatic rings. The summed E-state index contributed by atoms with van der Waals surface area (Å²) in [5.74, 6) is 5.32. The highest BCUT2D eigenvalue weighted by molar-refractivity contribution is 8.15. The molecule has 94 valence electrons. The van der Waals surface area contributed by atoms with Crippen molar-refractivity contribution in [3.8, 4) is 0 Å². The number of nitrogens with one attached hydrogen (secondary N) is 1. The lowest BCUT2D eigenvalue weighted by atomic mass is 10.5. The zero-order valence-electron chi connectivity index (χ0n) is 10.2. The molecule has 0 bridgehead atoms. The van der Waals surface area contributed by atoms with Crippen molar-refractivity contribution in [3.63, 3.8) is 0 Å². The molecule has 0 spiro atoms. The van der Waals surface area contributed by atoms with Crippen LogP contribution in [0.2, 0.25) is 0 Å². The number of hydrogen-bond acceptors (Lipinski definition) is 6. The smallest absolute Gasteiger partial charge is 0.287 e. The first-order valence-electron chi connectivity index (χ1n) is 5.18. The van der Waals surface area contributed by atoms with Gasteiger partial charge < -0.3 is 4.90 Å². The van der Waals surface area contributed by atoms with E-state index >= 15 is 0 Å². The maximum Gasteiger partial charge on any atom is 0.287 e. The normalized spacial score (nSPS) is 19.8. The van der Waals surface area contributed by atoms with E-state index < -0.39 is 5.37 Å². The van der Waals surface area contributed by atoms with Crippen LogP contribution in [0.3, 0.4) is 0 Å². The second-order valence-electron chi connectivity index (χ2n) is 3.29. The minimum absolute atomic E-state index is 0.332. The molecule has 1 fully saturated rings. The van der Waals surface area contributed by atoms with E-state index in [1.54, 1.807) is 0 Å². The second kappa shape index (κ2) is 7.61. The fraction of sp³-hybridized carbons (Fsp3) is 0.778. The van der Waals surface area contributed by atoms with E-state index in [0.29, 0.717) is 6.54 Å². The van der Waals surface area contributed by atoms with E-state index in [-0.39, 0.29) is 11.1 Å². The van der Waals surface area contributed by atoms with Gasteiger partial charge in [-0.2, -0.15) is 0 Å². The number of carbonyl (C=O) groups excluding carboxylic acids is 2. The minimum atomic E-state index is -0.581. The molecule has 16 heavy (non-hydrogen) atoms. The van der Waals surface area contributed by atoms with E-state index in [0.717, 1.165) is 18.3 Å². The first-order chi connectivity index (χ1) is 7.50. The summed E-state index contributed by atoms with van der Waals surface area (Å²) in [6, 6.07) is 0. The van der Waals surface area contributed by atoms with Crippen molar-refractivity contribution in [1.29, 1.82) is 0 Å². The molecule has 6 nitrogen and oxygen atoms in total. The van der Waals surface area contributed by atoms with Crippen LogP contribution >= 0.6 is 11.8 Å². The lowest BCUT2D eigenvalue weighted by molar-refractivity contribution is -0.121. The molecule has 0 radical (unpaired) electrons. The minimum Gasteiger partial charge on any atom is -0.308 e. The summed E-state index contributed by atoms with van der Waals surface area (Å²) in [4.78, 5) is 24.0. The summed E-state index contributed by atoms with van der Waals surface area (Å²) in [6.45, 7) is 5.29. The van der Waals surface area contributed by atoms with E-state index in [2.05, 4.69) is 5.32 Å². The number of amides is 2. The Kier molecular flexibility index (Phi) is 7.31. The van der Waals surface area contributed by atoms with E-state index in [4.69, 9.17) is 5.84 Å². The van der Waals surface area contributed by atoms with Crippen LogP contribution < -0.4 is 11.2 Å². The summed E-state index contributed by atoms with van der Waals surface area (Å²) in [7, 11) is 3.84. The molecule has 1 aliphatic heterocycles. The van der Waals surface area contributed by atoms with Crippen LogP contribution in [0.15, 0.2) is 0 Å². The number of thioether (sulfide) groups is 1. The zero-order chi connectivity index (χ0) is 12.7. The Morgan fingerprint density at radius 1 is 1.31 bits per heavy atom. The van der Waals surface area contributed by atoms with Gasteiger partial charge in [0.05, 0.1) is 0 Å². The molecule has 1 rings (SSSR count). The molecule has 1 saturated heterocycles. The molecule has 1 heterocycles. The number of hydrazine groups is 1. The average molecular weight is 248 g/mol. The summed E-state index contributed by atoms with van der Waals surface area (Å²) in [6.07, 6.45) is 0. The van der Waals surface area contributed by atoms with Crippen molar-refractivity contribution in [3.05, 3.63) is 0 Å². The highest BCUT2D eigenvalue weighted by atomic mass is 32.2. The first kappa shape index (κ1) is 15.4. The highest BCUT2D eigenvalue weighted by Gasteiger charge is 2.34. The zero-order valence-corrected chi connectivity index (χ0v) is 11.0. The van der Waals surface area contributed by atoms with E-state index in [1.165, 1.54) is 5.01 Å². The topological polar surface area (TPSA) is 78.7 Å². The number of imide groups is 1. The second-order valence-corrected chi connectivity index (χ2v) is 4.34. The SMILES string of the molecule is CC.CN(C)CCN(N)C1SC(=O)NC1=O. The van der Waals surface area contributed by atoms with Gasteiger partial charge in [-0.05, 0) is 25.9 Å². The van der Waals surface area contributed by atoms with Crippen molar-refractivity contribution in [1.82, 2.24) is 15.2 Å². The summed E-state index contributed by atoms with van der Waals surface area (Å²) in [5.41, 5.74) is 0. The van der Waals surface area contributed by atoms with Crippen LogP contribution in [0.25, 0.3) is 0 Å². The predicted molar refractivity (Wildman–Crippen MR) is 65.7 cm³/mol. The number of hydrogen-bond donors (Lipinski definition) is 2. The molecule has 1 aliphatic rings. The van der Waals surface area contributed by atoms with Crippen molar-refractivity contribution in [2.75, 3.05) is 27.2 Å². The molecule has 0 aromatic heterocycles. The third-order valence-electron chi connectivity index (χ3n) is 1.77. The molecule has 1 unspecified atom stereocenters. The number of nitrogens with zero attached hydrogens (tertiary/aromatic N) is 2. The van der Waals surface area contributed by atoms with Crippen LogP contribution in [0.4, 0.5) is 4.79 Å². The van der Waals surface area contributed by atoms with Gasteiger partial charge >= 0.3 is 0 Å². The molecule has 7 heteroatoms. The highest BCUT2D eigenvalue weighted by Crippen LogP contribution is 2.19. The van der Waals surface area contributed by atoms with Gasteiger partial charge in [0.2, 0.25) is 0 Å². The Balaban J connectivity index is 0.00000106. The van der Waals surface area contributed by atoms with Crippen molar-refractivity contribution < 1.29 is 9.59 Å². The van der Waals surface area contributed by atoms with Gasteiger partial charge in [0.25, 0.3) is 11.1 Å². The maximum absolute atomic E-state index is 11.2. The molecule has 0 saturated carbocycles. The first-order valence-corrected chi connectivity index (χ1v) is 6.06. The number of likely N-dealkylation sites (N-methyl/N-ethyl adjacent to an activating group) is 1. The Morgan fingerprint density at radius 2 is 1.88 bits per heavy atom. The Bertz CT molecular complexity index is 248. The van der Waals surface area contributed by atoms with E-state index in [1.807, 2.05) is 32.8 Å². The predicted octanol–water partition coefficient (Wildman–Crippen LogP) is 0.0590. The van der Waals surface area contributed by atoms with Gasteiger partial charge in [0.1, 0.15) is 0 Å². The number of carbonyl (C=O) groups is 2. The monoisotopic (exact) mass is 248 g/mol. The molecule has 2 amide bonds. The molecule has 3 N–H and O–H groups in total. The molecular formula is C9H20N4O2S. The lowest BCUT2D eigenvalue weighted by Gasteiger charge is -2.21. The number of rotatable bonds is 4. The summed E-state index contributed by atoms with van der Waals surface area (Å²) >= 11 is 0.916. The van der Waals surface area contributed by atoms with Gasteiger partial charge in [-0.3, -0.25) is 20.7 Å². The van der Waals surface area contributed by atoms with Crippen LogP contribution in [-0.4, -0.2) is 53.6 Å². The van der Waals surface area contributed by atoms with Crippen LogP contribution in [0, 0.1) is 0 Å². The quantitative estimate of drug-likeness (QED) is 0.541. The van der Waals surface area contributed by atoms with Gasteiger partial charge in [-0.25, -0.2) is 5.01 Å². The van der Waals surface area contributed by atoms with Gasteiger partial charge in [0, 0.05) is 13.1 Å². The van der Waals surface area contributed by atoms with Crippen LogP contribution in [0.1, 0.15) is 13.8 Å². The Hall–Kier alpha value is -0.630. The number of nitrogens with two attached hydrogens (primary N) is 1. The fourth-order valence-corrected chi connectivity index (χ4v) is 1.77.